The van der Waals surface area contributed by atoms with E-state index in [9.17, 15) is 0 Å². The number of aryl methyl sites for hydroxylation is 1. The summed E-state index contributed by atoms with van der Waals surface area (Å²) in [6.07, 6.45) is 3.78. The van der Waals surface area contributed by atoms with Crippen molar-refractivity contribution in [3.63, 3.8) is 0 Å². The molecule has 3 aromatic carbocycles. The molecule has 154 valence electrons. The van der Waals surface area contributed by atoms with E-state index in [1.807, 2.05) is 49.6 Å². The summed E-state index contributed by atoms with van der Waals surface area (Å²) in [6.45, 7) is 2.02. The van der Waals surface area contributed by atoms with Crippen molar-refractivity contribution >= 4 is 32.8 Å². The minimum atomic E-state index is 0.827. The molecule has 0 N–H and O–H groups in total. The third kappa shape index (κ3) is 2.90. The van der Waals surface area contributed by atoms with E-state index >= 15 is 0 Å². The Morgan fingerprint density at radius 1 is 0.750 bits per heavy atom. The fourth-order valence-corrected chi connectivity index (χ4v) is 4.33. The van der Waals surface area contributed by atoms with Crippen molar-refractivity contribution < 1.29 is 4.74 Å². The molecule has 3 aromatic heterocycles. The summed E-state index contributed by atoms with van der Waals surface area (Å²) in [7, 11) is 1.68. The highest BCUT2D eigenvalue weighted by Gasteiger charge is 2.14. The zero-order valence-corrected chi connectivity index (χ0v) is 17.8. The summed E-state index contributed by atoms with van der Waals surface area (Å²) in [5.74, 6) is 1.74. The standard InChI is InChI=1S/C27H20N4O/c1-17-30-26-16-29-25-12-7-18(20-13-19-5-3-4-6-24(19)28-15-20)14-23(25)27(26)31(17)21-8-10-22(32-2)11-9-21/h3-16H,1-2H3. The first kappa shape index (κ1) is 18.5. The lowest BCUT2D eigenvalue weighted by Crippen LogP contribution is -1.98. The number of fused-ring (bicyclic) bond motifs is 4. The molecule has 6 aromatic rings. The average molecular weight is 416 g/mol. The van der Waals surface area contributed by atoms with E-state index in [4.69, 9.17) is 9.72 Å². The number of para-hydroxylation sites is 1. The van der Waals surface area contributed by atoms with Crippen molar-refractivity contribution in [3.05, 3.63) is 91.0 Å². The highest BCUT2D eigenvalue weighted by atomic mass is 16.5. The molecule has 0 amide bonds. The van der Waals surface area contributed by atoms with Crippen LogP contribution >= 0.6 is 0 Å². The van der Waals surface area contributed by atoms with Gasteiger partial charge in [-0.15, -0.1) is 0 Å². The molecule has 5 nitrogen and oxygen atoms in total. The molecule has 6 rings (SSSR count). The van der Waals surface area contributed by atoms with Gasteiger partial charge in [-0.25, -0.2) is 4.98 Å². The van der Waals surface area contributed by atoms with Gasteiger partial charge in [-0.3, -0.25) is 14.5 Å². The van der Waals surface area contributed by atoms with Crippen molar-refractivity contribution in [1.29, 1.82) is 0 Å². The van der Waals surface area contributed by atoms with Crippen LogP contribution in [0.2, 0.25) is 0 Å². The third-order valence-electron chi connectivity index (χ3n) is 5.90. The summed E-state index contributed by atoms with van der Waals surface area (Å²) >= 11 is 0. The largest absolute Gasteiger partial charge is 0.497 e. The molecule has 5 heteroatoms. The van der Waals surface area contributed by atoms with Gasteiger partial charge in [0.05, 0.1) is 29.9 Å². The Hall–Kier alpha value is -4.25. The minimum absolute atomic E-state index is 0.827. The zero-order valence-electron chi connectivity index (χ0n) is 17.8. The number of nitrogens with zero attached hydrogens (tertiary/aromatic N) is 4. The first-order valence-electron chi connectivity index (χ1n) is 10.5. The van der Waals surface area contributed by atoms with Gasteiger partial charge in [-0.2, -0.15) is 0 Å². The molecule has 0 spiro atoms. The van der Waals surface area contributed by atoms with Gasteiger partial charge >= 0.3 is 0 Å². The number of hydrogen-bond donors (Lipinski definition) is 0. The SMILES string of the molecule is COc1ccc(-n2c(C)nc3cnc4ccc(-c5cnc6ccccc6c5)cc4c32)cc1. The minimum Gasteiger partial charge on any atom is -0.497 e. The maximum atomic E-state index is 5.33. The number of methoxy groups -OCH3 is 1. The highest BCUT2D eigenvalue weighted by molar-refractivity contribution is 6.05. The Kier molecular flexibility index (Phi) is 4.15. The summed E-state index contributed by atoms with van der Waals surface area (Å²) in [6, 6.07) is 24.8. The number of ether oxygens (including phenoxy) is 1. The Labute approximate surface area is 185 Å². The Morgan fingerprint density at radius 3 is 2.41 bits per heavy atom. The van der Waals surface area contributed by atoms with E-state index in [1.165, 1.54) is 0 Å². The smallest absolute Gasteiger partial charge is 0.119 e. The quantitative estimate of drug-likeness (QED) is 0.349. The lowest BCUT2D eigenvalue weighted by atomic mass is 10.0. The number of benzene rings is 3. The van der Waals surface area contributed by atoms with Gasteiger partial charge in [-0.1, -0.05) is 24.3 Å². The van der Waals surface area contributed by atoms with Gasteiger partial charge in [0.2, 0.25) is 0 Å². The van der Waals surface area contributed by atoms with Crippen LogP contribution in [0, 0.1) is 6.92 Å². The van der Waals surface area contributed by atoms with Gasteiger partial charge in [0.25, 0.3) is 0 Å². The monoisotopic (exact) mass is 416 g/mol. The second kappa shape index (κ2) is 7.17. The molecule has 0 bridgehead atoms. The molecule has 0 aliphatic rings. The molecule has 0 aliphatic heterocycles. The molecule has 0 saturated carbocycles. The Bertz CT molecular complexity index is 1620. The van der Waals surface area contributed by atoms with Crippen molar-refractivity contribution in [2.45, 2.75) is 6.92 Å². The predicted octanol–water partition coefficient (Wildman–Crippen LogP) is 6.11. The van der Waals surface area contributed by atoms with E-state index in [0.717, 1.165) is 61.2 Å². The maximum Gasteiger partial charge on any atom is 0.119 e. The van der Waals surface area contributed by atoms with Crippen LogP contribution in [0.3, 0.4) is 0 Å². The third-order valence-corrected chi connectivity index (χ3v) is 5.90. The van der Waals surface area contributed by atoms with Gasteiger partial charge in [-0.05, 0) is 61.0 Å². The zero-order chi connectivity index (χ0) is 21.7. The number of pyridine rings is 2. The van der Waals surface area contributed by atoms with E-state index < -0.39 is 0 Å². The van der Waals surface area contributed by atoms with Crippen LogP contribution in [-0.2, 0) is 0 Å². The summed E-state index contributed by atoms with van der Waals surface area (Å²) < 4.78 is 7.51. The molecule has 0 atom stereocenters. The molecular formula is C27H20N4O. The molecule has 32 heavy (non-hydrogen) atoms. The molecule has 0 unspecified atom stereocenters. The van der Waals surface area contributed by atoms with Crippen LogP contribution in [0.1, 0.15) is 5.82 Å². The maximum absolute atomic E-state index is 5.33. The first-order valence-corrected chi connectivity index (χ1v) is 10.5. The number of imidazole rings is 1. The molecule has 3 heterocycles. The summed E-state index contributed by atoms with van der Waals surface area (Å²) in [5.41, 5.74) is 7.07. The fourth-order valence-electron chi connectivity index (χ4n) is 4.33. The van der Waals surface area contributed by atoms with Crippen molar-refractivity contribution in [2.75, 3.05) is 7.11 Å². The summed E-state index contributed by atoms with van der Waals surface area (Å²) in [5, 5.41) is 2.19. The molecular weight excluding hydrogens is 396 g/mol. The normalized spacial score (nSPS) is 11.4. The summed E-state index contributed by atoms with van der Waals surface area (Å²) in [4.78, 5) is 14.1. The van der Waals surface area contributed by atoms with Gasteiger partial charge in [0.15, 0.2) is 0 Å². The fraction of sp³-hybridized carbons (Fsp3) is 0.0741. The Morgan fingerprint density at radius 2 is 1.56 bits per heavy atom. The van der Waals surface area contributed by atoms with Crippen LogP contribution in [0.25, 0.3) is 49.7 Å². The molecule has 0 saturated heterocycles. The lowest BCUT2D eigenvalue weighted by molar-refractivity contribution is 0.415. The number of rotatable bonds is 3. The van der Waals surface area contributed by atoms with Crippen LogP contribution in [0.4, 0.5) is 0 Å². The van der Waals surface area contributed by atoms with E-state index in [1.54, 1.807) is 7.11 Å². The topological polar surface area (TPSA) is 52.8 Å². The first-order chi connectivity index (χ1) is 15.7. The van der Waals surface area contributed by atoms with Gasteiger partial charge < -0.3 is 4.74 Å². The number of hydrogen-bond acceptors (Lipinski definition) is 4. The predicted molar refractivity (Wildman–Crippen MR) is 128 cm³/mol. The van der Waals surface area contributed by atoms with Crippen LogP contribution in [-0.4, -0.2) is 26.6 Å². The van der Waals surface area contributed by atoms with Crippen molar-refractivity contribution in [2.24, 2.45) is 0 Å². The van der Waals surface area contributed by atoms with Gasteiger partial charge in [0.1, 0.15) is 17.1 Å². The van der Waals surface area contributed by atoms with Crippen molar-refractivity contribution in [3.8, 4) is 22.6 Å². The molecule has 0 fully saturated rings. The Balaban J connectivity index is 1.59. The average Bonchev–Trinajstić information content (AvgIpc) is 3.19. The van der Waals surface area contributed by atoms with Gasteiger partial charge in [0, 0.05) is 28.2 Å². The van der Waals surface area contributed by atoms with E-state index in [2.05, 4.69) is 57.0 Å². The van der Waals surface area contributed by atoms with Crippen molar-refractivity contribution in [1.82, 2.24) is 19.5 Å². The lowest BCUT2D eigenvalue weighted by Gasteiger charge is -2.11. The highest BCUT2D eigenvalue weighted by Crippen LogP contribution is 2.32. The molecule has 0 aliphatic carbocycles. The van der Waals surface area contributed by atoms with Crippen LogP contribution in [0.15, 0.2) is 85.2 Å². The number of aromatic nitrogens is 4. The second-order valence-electron chi connectivity index (χ2n) is 7.83. The second-order valence-corrected chi connectivity index (χ2v) is 7.83. The molecule has 0 radical (unpaired) electrons. The van der Waals surface area contributed by atoms with Crippen LogP contribution < -0.4 is 4.74 Å². The van der Waals surface area contributed by atoms with Crippen LogP contribution in [0.5, 0.6) is 5.75 Å². The van der Waals surface area contributed by atoms with E-state index in [-0.39, 0.29) is 0 Å². The van der Waals surface area contributed by atoms with E-state index in [0.29, 0.717) is 0 Å².